The SMILES string of the molecule is COc1ccc(Cl)cc1N1CC(c2nc(C3CC3)no2)CC1=O. The molecular formula is C16H16ClN3O3. The molecule has 23 heavy (non-hydrogen) atoms. The fraction of sp³-hybridized carbons (Fsp3) is 0.438. The van der Waals surface area contributed by atoms with E-state index in [1.807, 2.05) is 0 Å². The molecule has 2 aromatic rings. The summed E-state index contributed by atoms with van der Waals surface area (Å²) in [6.45, 7) is 0.488. The fourth-order valence-corrected chi connectivity index (χ4v) is 3.07. The number of carbonyl (C=O) groups excluding carboxylic acids is 1. The van der Waals surface area contributed by atoms with Gasteiger partial charge >= 0.3 is 0 Å². The Morgan fingerprint density at radius 3 is 2.91 bits per heavy atom. The number of benzene rings is 1. The van der Waals surface area contributed by atoms with Crippen molar-refractivity contribution in [2.24, 2.45) is 0 Å². The van der Waals surface area contributed by atoms with Crippen LogP contribution >= 0.6 is 11.6 Å². The molecule has 1 amide bonds. The highest BCUT2D eigenvalue weighted by molar-refractivity contribution is 6.31. The number of ether oxygens (including phenoxy) is 1. The first kappa shape index (κ1) is 14.5. The van der Waals surface area contributed by atoms with Crippen LogP contribution in [0.1, 0.15) is 42.8 Å². The van der Waals surface area contributed by atoms with E-state index in [0.717, 1.165) is 18.7 Å². The summed E-state index contributed by atoms with van der Waals surface area (Å²) in [5.74, 6) is 2.28. The molecule has 6 nitrogen and oxygen atoms in total. The molecule has 1 unspecified atom stereocenters. The third kappa shape index (κ3) is 2.67. The number of anilines is 1. The maximum Gasteiger partial charge on any atom is 0.232 e. The lowest BCUT2D eigenvalue weighted by Crippen LogP contribution is -2.24. The summed E-state index contributed by atoms with van der Waals surface area (Å²) in [6.07, 6.45) is 2.59. The maximum atomic E-state index is 12.4. The van der Waals surface area contributed by atoms with Crippen molar-refractivity contribution in [3.8, 4) is 5.75 Å². The van der Waals surface area contributed by atoms with Gasteiger partial charge < -0.3 is 14.2 Å². The third-order valence-electron chi connectivity index (χ3n) is 4.31. The van der Waals surface area contributed by atoms with Crippen LogP contribution < -0.4 is 9.64 Å². The predicted molar refractivity (Wildman–Crippen MR) is 84.0 cm³/mol. The van der Waals surface area contributed by atoms with Crippen molar-refractivity contribution in [2.45, 2.75) is 31.1 Å². The number of amides is 1. The van der Waals surface area contributed by atoms with E-state index in [1.165, 1.54) is 0 Å². The molecule has 2 aliphatic rings. The number of hydrogen-bond donors (Lipinski definition) is 0. The number of aromatic nitrogens is 2. The zero-order chi connectivity index (χ0) is 16.0. The summed E-state index contributed by atoms with van der Waals surface area (Å²) < 4.78 is 10.7. The Labute approximate surface area is 138 Å². The van der Waals surface area contributed by atoms with Gasteiger partial charge in [0.25, 0.3) is 0 Å². The average molecular weight is 334 g/mol. The Morgan fingerprint density at radius 1 is 1.35 bits per heavy atom. The van der Waals surface area contributed by atoms with E-state index in [4.69, 9.17) is 20.9 Å². The lowest BCUT2D eigenvalue weighted by Gasteiger charge is -2.19. The van der Waals surface area contributed by atoms with Crippen molar-refractivity contribution in [3.63, 3.8) is 0 Å². The molecule has 1 aromatic carbocycles. The maximum absolute atomic E-state index is 12.4. The Morgan fingerprint density at radius 2 is 2.17 bits per heavy atom. The van der Waals surface area contributed by atoms with Gasteiger partial charge in [0.2, 0.25) is 11.8 Å². The summed E-state index contributed by atoms with van der Waals surface area (Å²) >= 11 is 6.06. The first-order chi connectivity index (χ1) is 11.2. The average Bonchev–Trinajstić information content (AvgIpc) is 3.15. The van der Waals surface area contributed by atoms with E-state index in [-0.39, 0.29) is 11.8 Å². The number of hydrogen-bond acceptors (Lipinski definition) is 5. The van der Waals surface area contributed by atoms with Gasteiger partial charge in [-0.2, -0.15) is 4.98 Å². The van der Waals surface area contributed by atoms with Crippen LogP contribution in [0.4, 0.5) is 5.69 Å². The molecule has 1 saturated carbocycles. The molecule has 1 aliphatic carbocycles. The predicted octanol–water partition coefficient (Wildman–Crippen LogP) is 3.13. The van der Waals surface area contributed by atoms with E-state index < -0.39 is 0 Å². The minimum atomic E-state index is -0.0915. The number of nitrogens with zero attached hydrogens (tertiary/aromatic N) is 3. The topological polar surface area (TPSA) is 68.5 Å². The van der Waals surface area contributed by atoms with Gasteiger partial charge in [-0.15, -0.1) is 0 Å². The van der Waals surface area contributed by atoms with Crippen molar-refractivity contribution in [3.05, 3.63) is 34.9 Å². The quantitative estimate of drug-likeness (QED) is 0.859. The normalized spacial score (nSPS) is 21.0. The number of rotatable bonds is 4. The molecule has 0 radical (unpaired) electrons. The smallest absolute Gasteiger partial charge is 0.232 e. The highest BCUT2D eigenvalue weighted by Gasteiger charge is 2.37. The lowest BCUT2D eigenvalue weighted by molar-refractivity contribution is -0.117. The van der Waals surface area contributed by atoms with Crippen LogP contribution in [-0.4, -0.2) is 29.7 Å². The van der Waals surface area contributed by atoms with Crippen molar-refractivity contribution in [2.75, 3.05) is 18.6 Å². The van der Waals surface area contributed by atoms with E-state index in [9.17, 15) is 4.79 Å². The highest BCUT2D eigenvalue weighted by atomic mass is 35.5. The molecule has 7 heteroatoms. The summed E-state index contributed by atoms with van der Waals surface area (Å²) in [5, 5.41) is 4.59. The van der Waals surface area contributed by atoms with Gasteiger partial charge in [-0.05, 0) is 31.0 Å². The Bertz CT molecular complexity index is 757. The number of carbonyl (C=O) groups is 1. The van der Waals surface area contributed by atoms with Gasteiger partial charge in [-0.1, -0.05) is 16.8 Å². The molecular weight excluding hydrogens is 318 g/mol. The van der Waals surface area contributed by atoms with Gasteiger partial charge in [0.05, 0.1) is 18.7 Å². The minimum Gasteiger partial charge on any atom is -0.495 e. The zero-order valence-corrected chi connectivity index (χ0v) is 13.4. The first-order valence-electron chi connectivity index (χ1n) is 7.63. The minimum absolute atomic E-state index is 0.00161. The van der Waals surface area contributed by atoms with Crippen molar-refractivity contribution >= 4 is 23.2 Å². The molecule has 1 saturated heterocycles. The second-order valence-electron chi connectivity index (χ2n) is 5.99. The van der Waals surface area contributed by atoms with Crippen LogP contribution in [0, 0.1) is 0 Å². The molecule has 4 rings (SSSR count). The van der Waals surface area contributed by atoms with Crippen LogP contribution in [0.5, 0.6) is 5.75 Å². The van der Waals surface area contributed by atoms with Crippen LogP contribution in [0.25, 0.3) is 0 Å². The Balaban J connectivity index is 1.59. The summed E-state index contributed by atoms with van der Waals surface area (Å²) in [6, 6.07) is 5.24. The summed E-state index contributed by atoms with van der Waals surface area (Å²) in [5.41, 5.74) is 0.675. The molecule has 1 aliphatic heterocycles. The Hall–Kier alpha value is -2.08. The van der Waals surface area contributed by atoms with Crippen LogP contribution in [0.2, 0.25) is 5.02 Å². The van der Waals surface area contributed by atoms with Gasteiger partial charge in [0.15, 0.2) is 5.82 Å². The molecule has 2 heterocycles. The van der Waals surface area contributed by atoms with Crippen molar-refractivity contribution in [1.29, 1.82) is 0 Å². The molecule has 1 atom stereocenters. The molecule has 1 aromatic heterocycles. The van der Waals surface area contributed by atoms with E-state index in [2.05, 4.69) is 10.1 Å². The van der Waals surface area contributed by atoms with E-state index >= 15 is 0 Å². The molecule has 2 fully saturated rings. The zero-order valence-electron chi connectivity index (χ0n) is 12.7. The molecule has 0 spiro atoms. The fourth-order valence-electron chi connectivity index (χ4n) is 2.90. The van der Waals surface area contributed by atoms with E-state index in [1.54, 1.807) is 30.2 Å². The third-order valence-corrected chi connectivity index (χ3v) is 4.54. The number of methoxy groups -OCH3 is 1. The van der Waals surface area contributed by atoms with Crippen LogP contribution in [-0.2, 0) is 4.79 Å². The van der Waals surface area contributed by atoms with Crippen LogP contribution in [0.15, 0.2) is 22.7 Å². The number of halogens is 1. The van der Waals surface area contributed by atoms with Crippen molar-refractivity contribution < 1.29 is 14.1 Å². The molecule has 0 N–H and O–H groups in total. The highest BCUT2D eigenvalue weighted by Crippen LogP contribution is 2.40. The second kappa shape index (κ2) is 5.53. The van der Waals surface area contributed by atoms with Gasteiger partial charge in [-0.25, -0.2) is 0 Å². The van der Waals surface area contributed by atoms with Gasteiger partial charge in [-0.3, -0.25) is 4.79 Å². The standard InChI is InChI=1S/C16H16ClN3O3/c1-22-13-5-4-11(17)7-12(13)20-8-10(6-14(20)21)16-18-15(19-23-16)9-2-3-9/h4-5,7,9-10H,2-3,6,8H2,1H3. The summed E-state index contributed by atoms with van der Waals surface area (Å²) in [4.78, 5) is 18.6. The second-order valence-corrected chi connectivity index (χ2v) is 6.42. The van der Waals surface area contributed by atoms with Crippen LogP contribution in [0.3, 0.4) is 0 Å². The monoisotopic (exact) mass is 333 g/mol. The Kier molecular flexibility index (Phi) is 3.49. The van der Waals surface area contributed by atoms with Crippen molar-refractivity contribution in [1.82, 2.24) is 10.1 Å². The van der Waals surface area contributed by atoms with Gasteiger partial charge in [0, 0.05) is 23.9 Å². The molecule has 0 bridgehead atoms. The van der Waals surface area contributed by atoms with E-state index in [0.29, 0.717) is 41.2 Å². The van der Waals surface area contributed by atoms with Gasteiger partial charge in [0.1, 0.15) is 5.75 Å². The molecule has 120 valence electrons. The first-order valence-corrected chi connectivity index (χ1v) is 8.01. The lowest BCUT2D eigenvalue weighted by atomic mass is 10.1. The summed E-state index contributed by atoms with van der Waals surface area (Å²) in [7, 11) is 1.57. The largest absolute Gasteiger partial charge is 0.495 e.